The molecule has 2 aliphatic heterocycles. The molecule has 1 unspecified atom stereocenters. The second-order valence-electron chi connectivity index (χ2n) is 5.17. The molecule has 1 aromatic rings. The topological polar surface area (TPSA) is 38.5 Å². The summed E-state index contributed by atoms with van der Waals surface area (Å²) in [6, 6.07) is 6.00. The van der Waals surface area contributed by atoms with Crippen LogP contribution in [0, 0.1) is 0 Å². The van der Waals surface area contributed by atoms with E-state index in [1.165, 1.54) is 37.9 Å². The molecule has 1 atom stereocenters. The van der Waals surface area contributed by atoms with Crippen molar-refractivity contribution in [3.8, 4) is 5.75 Å². The van der Waals surface area contributed by atoms with E-state index in [-0.39, 0.29) is 0 Å². The van der Waals surface area contributed by atoms with Crippen LogP contribution in [0.1, 0.15) is 30.7 Å². The van der Waals surface area contributed by atoms with Crippen molar-refractivity contribution < 1.29 is 4.74 Å². The Morgan fingerprint density at radius 1 is 1.24 bits per heavy atom. The first-order chi connectivity index (χ1) is 8.33. The van der Waals surface area contributed by atoms with Gasteiger partial charge in [-0.25, -0.2) is 0 Å². The average molecular weight is 232 g/mol. The van der Waals surface area contributed by atoms with Crippen LogP contribution in [0.5, 0.6) is 5.75 Å². The first kappa shape index (κ1) is 10.9. The van der Waals surface area contributed by atoms with Gasteiger partial charge in [0.15, 0.2) is 0 Å². The highest BCUT2D eigenvalue weighted by molar-refractivity contribution is 5.51. The lowest BCUT2D eigenvalue weighted by Gasteiger charge is -2.28. The van der Waals surface area contributed by atoms with E-state index in [4.69, 9.17) is 10.5 Å². The second kappa shape index (κ2) is 4.57. The molecule has 2 heterocycles. The number of ether oxygens (including phenoxy) is 1. The van der Waals surface area contributed by atoms with Gasteiger partial charge in [0.2, 0.25) is 0 Å². The van der Waals surface area contributed by atoms with Gasteiger partial charge in [0.1, 0.15) is 5.75 Å². The first-order valence-electron chi connectivity index (χ1n) is 6.57. The molecule has 1 aromatic carbocycles. The minimum Gasteiger partial charge on any atom is -0.493 e. The van der Waals surface area contributed by atoms with E-state index < -0.39 is 0 Å². The molecule has 1 fully saturated rings. The Labute approximate surface area is 103 Å². The van der Waals surface area contributed by atoms with Crippen molar-refractivity contribution in [2.24, 2.45) is 0 Å². The van der Waals surface area contributed by atoms with Crippen LogP contribution in [-0.2, 0) is 0 Å². The standard InChI is InChI=1S/C14H20N2O/c15-12-4-5-14-13(8-12)11(10-17-14)9-16-6-2-1-3-7-16/h4-5,8,11H,1-3,6-7,9-10,15H2. The summed E-state index contributed by atoms with van der Waals surface area (Å²) in [5.41, 5.74) is 8.00. The molecule has 0 amide bonds. The Morgan fingerprint density at radius 3 is 2.88 bits per heavy atom. The molecule has 2 N–H and O–H groups in total. The van der Waals surface area contributed by atoms with Crippen molar-refractivity contribution in [3.63, 3.8) is 0 Å². The Balaban J connectivity index is 1.72. The highest BCUT2D eigenvalue weighted by atomic mass is 16.5. The molecule has 1 saturated heterocycles. The lowest BCUT2D eigenvalue weighted by Crippen LogP contribution is -2.33. The molecule has 2 aliphatic rings. The Morgan fingerprint density at radius 2 is 2.06 bits per heavy atom. The zero-order chi connectivity index (χ0) is 11.7. The van der Waals surface area contributed by atoms with Crippen LogP contribution < -0.4 is 10.5 Å². The highest BCUT2D eigenvalue weighted by Crippen LogP contribution is 2.35. The molecule has 3 heteroatoms. The Kier molecular flexibility index (Phi) is 2.93. The minimum absolute atomic E-state index is 0.506. The maximum atomic E-state index is 5.86. The van der Waals surface area contributed by atoms with E-state index in [1.807, 2.05) is 12.1 Å². The molecule has 92 valence electrons. The number of fused-ring (bicyclic) bond motifs is 1. The van der Waals surface area contributed by atoms with Crippen LogP contribution in [0.3, 0.4) is 0 Å². The van der Waals surface area contributed by atoms with Crippen LogP contribution in [-0.4, -0.2) is 31.1 Å². The molecule has 0 bridgehead atoms. The molecular weight excluding hydrogens is 212 g/mol. The molecule has 0 radical (unpaired) electrons. The summed E-state index contributed by atoms with van der Waals surface area (Å²) in [5, 5.41) is 0. The number of hydrogen-bond acceptors (Lipinski definition) is 3. The van der Waals surface area contributed by atoms with Gasteiger partial charge in [-0.3, -0.25) is 0 Å². The molecule has 3 rings (SSSR count). The number of likely N-dealkylation sites (tertiary alicyclic amines) is 1. The van der Waals surface area contributed by atoms with Crippen molar-refractivity contribution in [1.29, 1.82) is 0 Å². The summed E-state index contributed by atoms with van der Waals surface area (Å²) in [5.74, 6) is 1.54. The van der Waals surface area contributed by atoms with Crippen LogP contribution in [0.4, 0.5) is 5.69 Å². The number of nitrogens with zero attached hydrogens (tertiary/aromatic N) is 1. The maximum absolute atomic E-state index is 5.86. The van der Waals surface area contributed by atoms with Crippen molar-refractivity contribution >= 4 is 5.69 Å². The predicted molar refractivity (Wildman–Crippen MR) is 69.4 cm³/mol. The van der Waals surface area contributed by atoms with Gasteiger partial charge >= 0.3 is 0 Å². The monoisotopic (exact) mass is 232 g/mol. The van der Waals surface area contributed by atoms with Gasteiger partial charge < -0.3 is 15.4 Å². The fraction of sp³-hybridized carbons (Fsp3) is 0.571. The van der Waals surface area contributed by atoms with E-state index >= 15 is 0 Å². The number of anilines is 1. The average Bonchev–Trinajstić information content (AvgIpc) is 2.73. The quantitative estimate of drug-likeness (QED) is 0.795. The van der Waals surface area contributed by atoms with Gasteiger partial charge in [-0.2, -0.15) is 0 Å². The number of nitrogen functional groups attached to an aromatic ring is 1. The van der Waals surface area contributed by atoms with E-state index in [2.05, 4.69) is 11.0 Å². The van der Waals surface area contributed by atoms with Gasteiger partial charge in [0.05, 0.1) is 6.61 Å². The number of piperidine rings is 1. The first-order valence-corrected chi connectivity index (χ1v) is 6.57. The van der Waals surface area contributed by atoms with Gasteiger partial charge in [0.25, 0.3) is 0 Å². The van der Waals surface area contributed by atoms with Gasteiger partial charge in [-0.1, -0.05) is 6.42 Å². The Bertz CT molecular complexity index is 399. The van der Waals surface area contributed by atoms with Gasteiger partial charge in [-0.15, -0.1) is 0 Å². The lowest BCUT2D eigenvalue weighted by molar-refractivity contribution is 0.201. The zero-order valence-electron chi connectivity index (χ0n) is 10.2. The largest absolute Gasteiger partial charge is 0.493 e. The van der Waals surface area contributed by atoms with Crippen LogP contribution in [0.15, 0.2) is 18.2 Å². The molecule has 0 aromatic heterocycles. The lowest BCUT2D eigenvalue weighted by atomic mass is 9.99. The van der Waals surface area contributed by atoms with Crippen LogP contribution >= 0.6 is 0 Å². The number of hydrogen-bond donors (Lipinski definition) is 1. The second-order valence-corrected chi connectivity index (χ2v) is 5.17. The molecule has 17 heavy (non-hydrogen) atoms. The van der Waals surface area contributed by atoms with Crippen molar-refractivity contribution in [2.75, 3.05) is 32.0 Å². The maximum Gasteiger partial charge on any atom is 0.123 e. The van der Waals surface area contributed by atoms with E-state index in [9.17, 15) is 0 Å². The van der Waals surface area contributed by atoms with Crippen LogP contribution in [0.25, 0.3) is 0 Å². The number of benzene rings is 1. The minimum atomic E-state index is 0.506. The molecular formula is C14H20N2O. The third-order valence-electron chi connectivity index (χ3n) is 3.84. The molecule has 0 saturated carbocycles. The molecule has 3 nitrogen and oxygen atoms in total. The summed E-state index contributed by atoms with van der Waals surface area (Å²) in [7, 11) is 0. The summed E-state index contributed by atoms with van der Waals surface area (Å²) in [6.07, 6.45) is 4.08. The fourth-order valence-electron chi connectivity index (χ4n) is 2.90. The number of nitrogens with two attached hydrogens (primary N) is 1. The van der Waals surface area contributed by atoms with E-state index in [1.54, 1.807) is 0 Å². The summed E-state index contributed by atoms with van der Waals surface area (Å²) < 4.78 is 5.73. The highest BCUT2D eigenvalue weighted by Gasteiger charge is 2.26. The summed E-state index contributed by atoms with van der Waals surface area (Å²) in [4.78, 5) is 2.57. The number of rotatable bonds is 2. The fourth-order valence-corrected chi connectivity index (χ4v) is 2.90. The SMILES string of the molecule is Nc1ccc2c(c1)C(CN1CCCCC1)CO2. The third kappa shape index (κ3) is 2.25. The van der Waals surface area contributed by atoms with Crippen LogP contribution in [0.2, 0.25) is 0 Å². The summed E-state index contributed by atoms with van der Waals surface area (Å²) >= 11 is 0. The van der Waals surface area contributed by atoms with E-state index in [0.29, 0.717) is 5.92 Å². The smallest absolute Gasteiger partial charge is 0.123 e. The molecule has 0 spiro atoms. The molecule has 0 aliphatic carbocycles. The van der Waals surface area contributed by atoms with Crippen molar-refractivity contribution in [3.05, 3.63) is 23.8 Å². The van der Waals surface area contributed by atoms with Gasteiger partial charge in [-0.05, 0) is 44.1 Å². The Hall–Kier alpha value is -1.22. The van der Waals surface area contributed by atoms with Crippen molar-refractivity contribution in [2.45, 2.75) is 25.2 Å². The summed E-state index contributed by atoms with van der Waals surface area (Å²) in [6.45, 7) is 4.42. The normalized spacial score (nSPS) is 24.4. The third-order valence-corrected chi connectivity index (χ3v) is 3.84. The predicted octanol–water partition coefficient (Wildman–Crippen LogP) is 2.23. The van der Waals surface area contributed by atoms with Crippen molar-refractivity contribution in [1.82, 2.24) is 4.90 Å². The zero-order valence-corrected chi connectivity index (χ0v) is 10.2. The van der Waals surface area contributed by atoms with E-state index in [0.717, 1.165) is 24.6 Å². The van der Waals surface area contributed by atoms with Gasteiger partial charge in [0, 0.05) is 23.7 Å².